The highest BCUT2D eigenvalue weighted by molar-refractivity contribution is 5.95. The van der Waals surface area contributed by atoms with Gasteiger partial charge in [0.15, 0.2) is 0 Å². The summed E-state index contributed by atoms with van der Waals surface area (Å²) in [6.45, 7) is 5.03. The number of nitrogens with one attached hydrogen (secondary N) is 2. The first-order valence-corrected chi connectivity index (χ1v) is 8.19. The first-order chi connectivity index (χ1) is 11.1. The summed E-state index contributed by atoms with van der Waals surface area (Å²) in [4.78, 5) is 12.6. The van der Waals surface area contributed by atoms with Gasteiger partial charge in [-0.1, -0.05) is 42.5 Å². The van der Waals surface area contributed by atoms with Gasteiger partial charge >= 0.3 is 0 Å². The van der Waals surface area contributed by atoms with Crippen LogP contribution in [0.3, 0.4) is 0 Å². The summed E-state index contributed by atoms with van der Waals surface area (Å²) < 4.78 is 0. The van der Waals surface area contributed by atoms with E-state index in [0.717, 1.165) is 30.5 Å². The van der Waals surface area contributed by atoms with E-state index in [2.05, 4.69) is 36.6 Å². The molecule has 0 aliphatic rings. The Kier molecular flexibility index (Phi) is 6.36. The molecule has 0 bridgehead atoms. The lowest BCUT2D eigenvalue weighted by Crippen LogP contribution is -2.35. The van der Waals surface area contributed by atoms with Crippen LogP contribution in [0.1, 0.15) is 34.0 Å². The van der Waals surface area contributed by atoms with Crippen molar-refractivity contribution in [2.75, 3.05) is 13.6 Å². The van der Waals surface area contributed by atoms with Gasteiger partial charge in [0, 0.05) is 11.6 Å². The van der Waals surface area contributed by atoms with Crippen molar-refractivity contribution < 1.29 is 4.79 Å². The predicted octanol–water partition coefficient (Wildman–Crippen LogP) is 3.12. The summed E-state index contributed by atoms with van der Waals surface area (Å²) in [6, 6.07) is 16.3. The Morgan fingerprint density at radius 2 is 1.70 bits per heavy atom. The van der Waals surface area contributed by atoms with E-state index in [1.54, 1.807) is 0 Å². The number of carbonyl (C=O) groups is 1. The number of amides is 1. The molecule has 2 N–H and O–H groups in total. The molecule has 2 aromatic carbocycles. The number of likely N-dealkylation sites (N-methyl/N-ethyl adjacent to an activating group) is 1. The second-order valence-electron chi connectivity index (χ2n) is 6.02. The molecule has 1 amide bonds. The number of aryl methyl sites for hydroxylation is 1. The van der Waals surface area contributed by atoms with Crippen LogP contribution in [-0.4, -0.2) is 25.5 Å². The molecule has 3 heteroatoms. The molecule has 23 heavy (non-hydrogen) atoms. The highest BCUT2D eigenvalue weighted by Crippen LogP contribution is 2.12. The lowest BCUT2D eigenvalue weighted by atomic mass is 10.0. The second kappa shape index (κ2) is 8.49. The van der Waals surface area contributed by atoms with Crippen LogP contribution in [0.5, 0.6) is 0 Å². The fraction of sp³-hybridized carbons (Fsp3) is 0.350. The molecular weight excluding hydrogens is 284 g/mol. The minimum atomic E-state index is 0.0118. The van der Waals surface area contributed by atoms with Crippen molar-refractivity contribution in [3.8, 4) is 0 Å². The number of hydrogen-bond donors (Lipinski definition) is 2. The maximum absolute atomic E-state index is 12.6. The summed E-state index contributed by atoms with van der Waals surface area (Å²) in [7, 11) is 1.92. The van der Waals surface area contributed by atoms with Crippen LogP contribution >= 0.6 is 0 Å². The predicted molar refractivity (Wildman–Crippen MR) is 95.9 cm³/mol. The Morgan fingerprint density at radius 1 is 1.04 bits per heavy atom. The number of hydrogen-bond acceptors (Lipinski definition) is 2. The Hall–Kier alpha value is -2.13. The third kappa shape index (κ3) is 4.93. The molecule has 0 heterocycles. The van der Waals surface area contributed by atoms with E-state index < -0.39 is 0 Å². The van der Waals surface area contributed by atoms with Gasteiger partial charge in [-0.3, -0.25) is 4.79 Å². The number of carbonyl (C=O) groups excluding carboxylic acids is 1. The van der Waals surface area contributed by atoms with E-state index in [1.807, 2.05) is 43.4 Å². The normalized spacial score (nSPS) is 12.0. The van der Waals surface area contributed by atoms with Crippen LogP contribution in [0, 0.1) is 6.92 Å². The molecule has 2 aromatic rings. The summed E-state index contributed by atoms with van der Waals surface area (Å²) in [5, 5.41) is 6.26. The molecule has 0 fully saturated rings. The topological polar surface area (TPSA) is 41.1 Å². The highest BCUT2D eigenvalue weighted by Gasteiger charge is 2.14. The van der Waals surface area contributed by atoms with E-state index >= 15 is 0 Å². The molecule has 0 radical (unpaired) electrons. The summed E-state index contributed by atoms with van der Waals surface area (Å²) in [6.07, 6.45) is 1.70. The maximum Gasteiger partial charge on any atom is 0.251 e. The van der Waals surface area contributed by atoms with Crippen molar-refractivity contribution in [3.63, 3.8) is 0 Å². The van der Waals surface area contributed by atoms with Crippen molar-refractivity contribution in [2.45, 2.75) is 32.7 Å². The van der Waals surface area contributed by atoms with E-state index in [4.69, 9.17) is 0 Å². The zero-order valence-corrected chi connectivity index (χ0v) is 14.2. The first-order valence-electron chi connectivity index (χ1n) is 8.19. The molecule has 2 rings (SSSR count). The van der Waals surface area contributed by atoms with Crippen LogP contribution in [0.25, 0.3) is 0 Å². The van der Waals surface area contributed by atoms with Gasteiger partial charge in [-0.15, -0.1) is 0 Å². The van der Waals surface area contributed by atoms with Crippen molar-refractivity contribution in [2.24, 2.45) is 0 Å². The fourth-order valence-electron chi connectivity index (χ4n) is 2.74. The van der Waals surface area contributed by atoms with Crippen LogP contribution in [0.2, 0.25) is 0 Å². The Labute approximate surface area is 139 Å². The quantitative estimate of drug-likeness (QED) is 0.825. The largest absolute Gasteiger partial charge is 0.349 e. The summed E-state index contributed by atoms with van der Waals surface area (Å²) >= 11 is 0. The van der Waals surface area contributed by atoms with Gasteiger partial charge in [-0.2, -0.15) is 0 Å². The summed E-state index contributed by atoms with van der Waals surface area (Å²) in [5.74, 6) is 0.0118. The average molecular weight is 310 g/mol. The van der Waals surface area contributed by atoms with Crippen molar-refractivity contribution in [3.05, 3.63) is 70.8 Å². The van der Waals surface area contributed by atoms with Gasteiger partial charge in [-0.25, -0.2) is 0 Å². The Bertz CT molecular complexity index is 652. The van der Waals surface area contributed by atoms with Crippen molar-refractivity contribution in [1.29, 1.82) is 0 Å². The van der Waals surface area contributed by atoms with Crippen LogP contribution in [0.15, 0.2) is 48.5 Å². The van der Waals surface area contributed by atoms with E-state index in [1.165, 1.54) is 11.1 Å². The Balaban J connectivity index is 2.03. The fourth-order valence-corrected chi connectivity index (χ4v) is 2.74. The van der Waals surface area contributed by atoms with Gasteiger partial charge in [0.25, 0.3) is 5.91 Å². The number of benzene rings is 2. The van der Waals surface area contributed by atoms with Crippen molar-refractivity contribution in [1.82, 2.24) is 10.6 Å². The molecule has 1 unspecified atom stereocenters. The summed E-state index contributed by atoms with van der Waals surface area (Å²) in [5.41, 5.74) is 4.41. The van der Waals surface area contributed by atoms with E-state index in [-0.39, 0.29) is 11.9 Å². The van der Waals surface area contributed by atoms with E-state index in [0.29, 0.717) is 0 Å². The molecule has 0 aliphatic carbocycles. The lowest BCUT2D eigenvalue weighted by Gasteiger charge is -2.17. The first kappa shape index (κ1) is 17.2. The molecule has 3 nitrogen and oxygen atoms in total. The minimum Gasteiger partial charge on any atom is -0.349 e. The van der Waals surface area contributed by atoms with Gasteiger partial charge < -0.3 is 10.6 Å². The van der Waals surface area contributed by atoms with Crippen LogP contribution in [0.4, 0.5) is 0 Å². The smallest absolute Gasteiger partial charge is 0.251 e. The van der Waals surface area contributed by atoms with E-state index in [9.17, 15) is 4.79 Å². The minimum absolute atomic E-state index is 0.0118. The second-order valence-corrected chi connectivity index (χ2v) is 6.02. The van der Waals surface area contributed by atoms with Crippen LogP contribution < -0.4 is 10.6 Å². The highest BCUT2D eigenvalue weighted by atomic mass is 16.1. The monoisotopic (exact) mass is 310 g/mol. The van der Waals surface area contributed by atoms with Crippen molar-refractivity contribution >= 4 is 5.91 Å². The molecule has 0 aromatic heterocycles. The van der Waals surface area contributed by atoms with Gasteiger partial charge in [0.05, 0.1) is 0 Å². The molecule has 122 valence electrons. The van der Waals surface area contributed by atoms with Gasteiger partial charge in [-0.05, 0) is 63.0 Å². The molecule has 1 atom stereocenters. The van der Waals surface area contributed by atoms with Gasteiger partial charge in [0.2, 0.25) is 0 Å². The third-order valence-corrected chi connectivity index (χ3v) is 4.07. The Morgan fingerprint density at radius 3 is 2.39 bits per heavy atom. The zero-order chi connectivity index (χ0) is 16.7. The number of rotatable bonds is 7. The van der Waals surface area contributed by atoms with Crippen LogP contribution in [-0.2, 0) is 12.8 Å². The standard InChI is InChI=1S/C20H26N2O/c1-15-8-4-5-10-18(15)14-16(2)22-20(23)19-11-7-6-9-17(19)12-13-21-3/h4-11,16,21H,12-14H2,1-3H3,(H,22,23). The molecular formula is C20H26N2O. The molecule has 0 aliphatic heterocycles. The van der Waals surface area contributed by atoms with Gasteiger partial charge in [0.1, 0.15) is 0 Å². The molecule has 0 saturated carbocycles. The third-order valence-electron chi connectivity index (χ3n) is 4.07. The molecule has 0 saturated heterocycles. The lowest BCUT2D eigenvalue weighted by molar-refractivity contribution is 0.0939. The zero-order valence-electron chi connectivity index (χ0n) is 14.2. The maximum atomic E-state index is 12.6. The average Bonchev–Trinajstić information content (AvgIpc) is 2.55. The molecule has 0 spiro atoms. The SMILES string of the molecule is CNCCc1ccccc1C(=O)NC(C)Cc1ccccc1C.